The van der Waals surface area contributed by atoms with Crippen molar-refractivity contribution in [3.8, 4) is 0 Å². The lowest BCUT2D eigenvalue weighted by molar-refractivity contribution is 0.281. The van der Waals surface area contributed by atoms with E-state index in [-0.39, 0.29) is 6.61 Å². The van der Waals surface area contributed by atoms with Crippen LogP contribution in [0.5, 0.6) is 0 Å². The summed E-state index contributed by atoms with van der Waals surface area (Å²) in [6.07, 6.45) is 2.86. The third kappa shape index (κ3) is 1.91. The van der Waals surface area contributed by atoms with Crippen molar-refractivity contribution in [2.45, 2.75) is 26.0 Å². The number of fused-ring (bicyclic) bond motifs is 1. The van der Waals surface area contributed by atoms with Gasteiger partial charge in [0.1, 0.15) is 5.82 Å². The van der Waals surface area contributed by atoms with Crippen LogP contribution in [0.15, 0.2) is 29.8 Å². The standard InChI is InChI=1S/C14H16N2OS/c1-10-12-4-7-18-13(12)3-6-16(10)14-8-11(9-17)2-5-15-14/h2,4-5,7-8,10,17H,3,6,9H2,1H3. The Morgan fingerprint density at radius 3 is 3.22 bits per heavy atom. The van der Waals surface area contributed by atoms with Crippen LogP contribution in [0.25, 0.3) is 0 Å². The molecule has 3 heterocycles. The number of aliphatic hydroxyl groups is 1. The largest absolute Gasteiger partial charge is 0.392 e. The summed E-state index contributed by atoms with van der Waals surface area (Å²) in [5.74, 6) is 0.964. The van der Waals surface area contributed by atoms with Gasteiger partial charge in [0.25, 0.3) is 0 Å². The summed E-state index contributed by atoms with van der Waals surface area (Å²) in [6.45, 7) is 3.29. The number of rotatable bonds is 2. The summed E-state index contributed by atoms with van der Waals surface area (Å²) in [7, 11) is 0. The highest BCUT2D eigenvalue weighted by Crippen LogP contribution is 2.35. The van der Waals surface area contributed by atoms with Crippen molar-refractivity contribution in [3.05, 3.63) is 45.8 Å². The number of anilines is 1. The zero-order valence-electron chi connectivity index (χ0n) is 10.3. The van der Waals surface area contributed by atoms with Crippen LogP contribution < -0.4 is 4.90 Å². The summed E-state index contributed by atoms with van der Waals surface area (Å²) in [5, 5.41) is 11.4. The second-order valence-corrected chi connectivity index (χ2v) is 5.60. The van der Waals surface area contributed by atoms with Crippen molar-refractivity contribution in [2.75, 3.05) is 11.4 Å². The smallest absolute Gasteiger partial charge is 0.129 e. The quantitative estimate of drug-likeness (QED) is 0.902. The predicted molar refractivity (Wildman–Crippen MR) is 73.9 cm³/mol. The SMILES string of the molecule is CC1c2ccsc2CCN1c1cc(CO)ccn1. The first kappa shape index (κ1) is 11.7. The Kier molecular flexibility index (Phi) is 3.06. The number of pyridine rings is 1. The van der Waals surface area contributed by atoms with E-state index in [9.17, 15) is 5.11 Å². The van der Waals surface area contributed by atoms with Crippen LogP contribution >= 0.6 is 11.3 Å². The van der Waals surface area contributed by atoms with Crippen LogP contribution in [0.3, 0.4) is 0 Å². The molecule has 2 aromatic heterocycles. The summed E-state index contributed by atoms with van der Waals surface area (Å²) < 4.78 is 0. The fraction of sp³-hybridized carbons (Fsp3) is 0.357. The average molecular weight is 260 g/mol. The van der Waals surface area contributed by atoms with Gasteiger partial charge in [-0.1, -0.05) is 0 Å². The van der Waals surface area contributed by atoms with Gasteiger partial charge in [-0.25, -0.2) is 4.98 Å². The lowest BCUT2D eigenvalue weighted by atomic mass is 10.0. The summed E-state index contributed by atoms with van der Waals surface area (Å²) in [4.78, 5) is 8.25. The van der Waals surface area contributed by atoms with Crippen molar-refractivity contribution in [1.29, 1.82) is 0 Å². The van der Waals surface area contributed by atoms with Gasteiger partial charge in [0.05, 0.1) is 12.6 Å². The highest BCUT2D eigenvalue weighted by molar-refractivity contribution is 7.10. The molecule has 18 heavy (non-hydrogen) atoms. The predicted octanol–water partition coefficient (Wildman–Crippen LogP) is 2.76. The number of hydrogen-bond acceptors (Lipinski definition) is 4. The lowest BCUT2D eigenvalue weighted by Gasteiger charge is -2.34. The van der Waals surface area contributed by atoms with E-state index < -0.39 is 0 Å². The van der Waals surface area contributed by atoms with Crippen LogP contribution in [-0.2, 0) is 13.0 Å². The molecule has 1 atom stereocenters. The van der Waals surface area contributed by atoms with Gasteiger partial charge in [-0.05, 0) is 48.1 Å². The topological polar surface area (TPSA) is 36.4 Å². The first-order valence-corrected chi connectivity index (χ1v) is 7.06. The van der Waals surface area contributed by atoms with Crippen molar-refractivity contribution >= 4 is 17.2 Å². The Morgan fingerprint density at radius 1 is 1.50 bits per heavy atom. The first-order valence-electron chi connectivity index (χ1n) is 6.18. The average Bonchev–Trinajstić information content (AvgIpc) is 2.88. The van der Waals surface area contributed by atoms with Crippen LogP contribution in [-0.4, -0.2) is 16.6 Å². The van der Waals surface area contributed by atoms with Crippen molar-refractivity contribution < 1.29 is 5.11 Å². The molecule has 1 aliphatic rings. The van der Waals surface area contributed by atoms with Gasteiger partial charge in [0.15, 0.2) is 0 Å². The number of thiophene rings is 1. The van der Waals surface area contributed by atoms with E-state index in [1.807, 2.05) is 23.5 Å². The third-order valence-corrected chi connectivity index (χ3v) is 4.56. The molecule has 1 N–H and O–H groups in total. The molecule has 0 saturated carbocycles. The highest BCUT2D eigenvalue weighted by atomic mass is 32.1. The van der Waals surface area contributed by atoms with E-state index in [1.54, 1.807) is 6.20 Å². The molecular formula is C14H16N2OS. The number of aromatic nitrogens is 1. The molecule has 1 unspecified atom stereocenters. The molecule has 94 valence electrons. The molecule has 0 spiro atoms. The van der Waals surface area contributed by atoms with Gasteiger partial charge < -0.3 is 10.0 Å². The maximum atomic E-state index is 9.21. The Labute approximate surface area is 111 Å². The van der Waals surface area contributed by atoms with Crippen LogP contribution in [0.2, 0.25) is 0 Å². The second kappa shape index (κ2) is 4.71. The van der Waals surface area contributed by atoms with Gasteiger partial charge in [0, 0.05) is 17.6 Å². The van der Waals surface area contributed by atoms with Crippen LogP contribution in [0.1, 0.15) is 29.0 Å². The van der Waals surface area contributed by atoms with E-state index in [1.165, 1.54) is 10.4 Å². The molecule has 0 fully saturated rings. The van der Waals surface area contributed by atoms with Gasteiger partial charge in [-0.15, -0.1) is 11.3 Å². The summed E-state index contributed by atoms with van der Waals surface area (Å²) >= 11 is 1.85. The minimum atomic E-state index is 0.0709. The molecule has 0 radical (unpaired) electrons. The molecule has 1 aliphatic heterocycles. The molecule has 2 aromatic rings. The molecule has 0 aromatic carbocycles. The van der Waals surface area contributed by atoms with Gasteiger partial charge in [-0.3, -0.25) is 0 Å². The first-order chi connectivity index (χ1) is 8.79. The Morgan fingerprint density at radius 2 is 2.39 bits per heavy atom. The lowest BCUT2D eigenvalue weighted by Crippen LogP contribution is -2.33. The maximum Gasteiger partial charge on any atom is 0.129 e. The minimum absolute atomic E-state index is 0.0709. The fourth-order valence-electron chi connectivity index (χ4n) is 2.54. The van der Waals surface area contributed by atoms with Gasteiger partial charge >= 0.3 is 0 Å². The number of aliphatic hydroxyl groups excluding tert-OH is 1. The zero-order chi connectivity index (χ0) is 12.5. The Bertz CT molecular complexity index is 552. The van der Waals surface area contributed by atoms with E-state index in [0.29, 0.717) is 6.04 Å². The highest BCUT2D eigenvalue weighted by Gasteiger charge is 2.25. The van der Waals surface area contributed by atoms with E-state index in [0.717, 1.165) is 24.3 Å². The fourth-order valence-corrected chi connectivity index (χ4v) is 3.50. The van der Waals surface area contributed by atoms with Crippen LogP contribution in [0, 0.1) is 0 Å². The molecule has 0 amide bonds. The third-order valence-electron chi connectivity index (χ3n) is 3.56. The van der Waals surface area contributed by atoms with Gasteiger partial charge in [0.2, 0.25) is 0 Å². The monoisotopic (exact) mass is 260 g/mol. The molecule has 0 aliphatic carbocycles. The zero-order valence-corrected chi connectivity index (χ0v) is 11.2. The minimum Gasteiger partial charge on any atom is -0.392 e. The Hall–Kier alpha value is -1.39. The molecule has 0 bridgehead atoms. The second-order valence-electron chi connectivity index (χ2n) is 4.60. The maximum absolute atomic E-state index is 9.21. The number of nitrogens with zero attached hydrogens (tertiary/aromatic N) is 2. The molecule has 3 rings (SSSR count). The molecule has 3 nitrogen and oxygen atoms in total. The number of hydrogen-bond donors (Lipinski definition) is 1. The Balaban J connectivity index is 1.94. The van der Waals surface area contributed by atoms with Crippen molar-refractivity contribution in [1.82, 2.24) is 4.98 Å². The normalized spacial score (nSPS) is 18.8. The molecular weight excluding hydrogens is 244 g/mol. The van der Waals surface area contributed by atoms with Crippen molar-refractivity contribution in [2.24, 2.45) is 0 Å². The molecule has 0 saturated heterocycles. The van der Waals surface area contributed by atoms with Crippen molar-refractivity contribution in [3.63, 3.8) is 0 Å². The van der Waals surface area contributed by atoms with E-state index in [2.05, 4.69) is 28.3 Å². The van der Waals surface area contributed by atoms with E-state index >= 15 is 0 Å². The van der Waals surface area contributed by atoms with Crippen LogP contribution in [0.4, 0.5) is 5.82 Å². The van der Waals surface area contributed by atoms with E-state index in [4.69, 9.17) is 0 Å². The summed E-state index contributed by atoms with van der Waals surface area (Å²) in [5.41, 5.74) is 2.34. The van der Waals surface area contributed by atoms with Gasteiger partial charge in [-0.2, -0.15) is 0 Å². The summed E-state index contributed by atoms with van der Waals surface area (Å²) in [6, 6.07) is 6.41. The molecule has 4 heteroatoms.